The molecule has 35 heavy (non-hydrogen) atoms. The molecule has 0 saturated carbocycles. The van der Waals surface area contributed by atoms with Crippen molar-refractivity contribution >= 4 is 5.91 Å². The fourth-order valence-corrected chi connectivity index (χ4v) is 3.40. The SMILES string of the molecule is CCOc1ccccc1CNC(=O)c1nc(-c2nn(-c3ccc(C)cc3)c(=O)n(CC)c2=O)no1. The van der Waals surface area contributed by atoms with Crippen LogP contribution in [0.2, 0.25) is 0 Å². The molecule has 4 rings (SSSR count). The Balaban J connectivity index is 1.63. The van der Waals surface area contributed by atoms with Crippen LogP contribution >= 0.6 is 0 Å². The van der Waals surface area contributed by atoms with Gasteiger partial charge in [-0.15, -0.1) is 0 Å². The molecule has 1 N–H and O–H groups in total. The van der Waals surface area contributed by atoms with Crippen LogP contribution in [0.3, 0.4) is 0 Å². The summed E-state index contributed by atoms with van der Waals surface area (Å²) in [4.78, 5) is 42.4. The zero-order valence-electron chi connectivity index (χ0n) is 19.5. The van der Waals surface area contributed by atoms with Gasteiger partial charge in [0.2, 0.25) is 5.82 Å². The van der Waals surface area contributed by atoms with Crippen molar-refractivity contribution in [3.63, 3.8) is 0 Å². The van der Waals surface area contributed by atoms with Crippen LogP contribution in [0.4, 0.5) is 0 Å². The predicted octanol–water partition coefficient (Wildman–Crippen LogP) is 2.10. The van der Waals surface area contributed by atoms with Crippen molar-refractivity contribution in [1.82, 2.24) is 29.8 Å². The Kier molecular flexibility index (Phi) is 6.86. The first-order valence-electron chi connectivity index (χ1n) is 11.1. The summed E-state index contributed by atoms with van der Waals surface area (Å²) in [5.74, 6) is -0.508. The summed E-state index contributed by atoms with van der Waals surface area (Å²) >= 11 is 0. The second kappa shape index (κ2) is 10.2. The molecule has 0 aliphatic rings. The van der Waals surface area contributed by atoms with Crippen LogP contribution in [0.5, 0.6) is 5.75 Å². The van der Waals surface area contributed by atoms with Crippen LogP contribution in [0.25, 0.3) is 17.2 Å². The molecule has 0 bridgehead atoms. The summed E-state index contributed by atoms with van der Waals surface area (Å²) < 4.78 is 12.8. The van der Waals surface area contributed by atoms with Gasteiger partial charge in [0.05, 0.1) is 12.3 Å². The largest absolute Gasteiger partial charge is 0.494 e. The lowest BCUT2D eigenvalue weighted by Gasteiger charge is -2.10. The molecule has 0 radical (unpaired) electrons. The number of rotatable bonds is 8. The van der Waals surface area contributed by atoms with E-state index in [9.17, 15) is 14.4 Å². The van der Waals surface area contributed by atoms with Crippen molar-refractivity contribution in [2.24, 2.45) is 0 Å². The Bertz CT molecular complexity index is 1470. The molecule has 0 aliphatic heterocycles. The number of nitrogens with one attached hydrogen (secondary N) is 1. The molecule has 11 heteroatoms. The van der Waals surface area contributed by atoms with E-state index in [4.69, 9.17) is 9.26 Å². The summed E-state index contributed by atoms with van der Waals surface area (Å²) in [5, 5.41) is 10.6. The highest BCUT2D eigenvalue weighted by molar-refractivity contribution is 5.89. The summed E-state index contributed by atoms with van der Waals surface area (Å²) in [6.07, 6.45) is 0. The van der Waals surface area contributed by atoms with Gasteiger partial charge >= 0.3 is 17.5 Å². The standard InChI is InChI=1S/C24H24N6O5/c1-4-29-23(32)19(27-30(24(29)33)17-12-10-15(3)11-13-17)20-26-22(35-28-20)21(31)25-14-16-8-6-7-9-18(16)34-5-2/h6-13H,4-5,14H2,1-3H3,(H,25,31). The van der Waals surface area contributed by atoms with E-state index in [1.165, 1.54) is 0 Å². The van der Waals surface area contributed by atoms with Crippen molar-refractivity contribution in [3.05, 3.63) is 86.4 Å². The number of aromatic nitrogens is 5. The van der Waals surface area contributed by atoms with Gasteiger partial charge in [-0.05, 0) is 39.0 Å². The maximum atomic E-state index is 12.9. The normalized spacial score (nSPS) is 10.8. The van der Waals surface area contributed by atoms with Crippen LogP contribution in [-0.4, -0.2) is 37.0 Å². The molecule has 2 aromatic heterocycles. The molecule has 0 atom stereocenters. The minimum atomic E-state index is -0.681. The van der Waals surface area contributed by atoms with Crippen molar-refractivity contribution in [2.75, 3.05) is 6.61 Å². The van der Waals surface area contributed by atoms with Gasteiger partial charge in [0, 0.05) is 18.7 Å². The number of para-hydroxylation sites is 1. The summed E-state index contributed by atoms with van der Waals surface area (Å²) in [6.45, 7) is 6.24. The summed E-state index contributed by atoms with van der Waals surface area (Å²) in [5.41, 5.74) is 0.762. The third-order valence-corrected chi connectivity index (χ3v) is 5.20. The van der Waals surface area contributed by atoms with Gasteiger partial charge in [0.1, 0.15) is 5.75 Å². The topological polar surface area (TPSA) is 134 Å². The third kappa shape index (κ3) is 4.88. The van der Waals surface area contributed by atoms with Crippen molar-refractivity contribution in [1.29, 1.82) is 0 Å². The van der Waals surface area contributed by atoms with Gasteiger partial charge in [0.15, 0.2) is 5.69 Å². The highest BCUT2D eigenvalue weighted by atomic mass is 16.5. The third-order valence-electron chi connectivity index (χ3n) is 5.20. The first-order valence-corrected chi connectivity index (χ1v) is 11.1. The molecular formula is C24H24N6O5. The highest BCUT2D eigenvalue weighted by Gasteiger charge is 2.22. The average Bonchev–Trinajstić information content (AvgIpc) is 3.35. The summed E-state index contributed by atoms with van der Waals surface area (Å²) in [6, 6.07) is 14.4. The molecule has 0 fully saturated rings. The zero-order chi connectivity index (χ0) is 24.9. The van der Waals surface area contributed by atoms with Gasteiger partial charge in [-0.25, -0.2) is 4.79 Å². The number of benzene rings is 2. The average molecular weight is 476 g/mol. The van der Waals surface area contributed by atoms with Crippen LogP contribution < -0.4 is 21.3 Å². The van der Waals surface area contributed by atoms with Gasteiger partial charge < -0.3 is 14.6 Å². The summed E-state index contributed by atoms with van der Waals surface area (Å²) in [7, 11) is 0. The quantitative estimate of drug-likeness (QED) is 0.409. The predicted molar refractivity (Wildman–Crippen MR) is 127 cm³/mol. The number of ether oxygens (including phenoxy) is 1. The Morgan fingerprint density at radius 1 is 1.09 bits per heavy atom. The van der Waals surface area contributed by atoms with Crippen LogP contribution in [0, 0.1) is 6.92 Å². The van der Waals surface area contributed by atoms with E-state index in [1.54, 1.807) is 19.1 Å². The van der Waals surface area contributed by atoms with E-state index in [0.717, 1.165) is 20.4 Å². The van der Waals surface area contributed by atoms with E-state index < -0.39 is 17.2 Å². The number of carbonyl (C=O) groups is 1. The first kappa shape index (κ1) is 23.6. The molecule has 11 nitrogen and oxygen atoms in total. The number of amides is 1. The molecule has 0 spiro atoms. The first-order chi connectivity index (χ1) is 16.9. The second-order valence-electron chi connectivity index (χ2n) is 7.57. The van der Waals surface area contributed by atoms with Gasteiger partial charge in [-0.3, -0.25) is 14.2 Å². The van der Waals surface area contributed by atoms with Gasteiger partial charge in [-0.2, -0.15) is 14.8 Å². The fraction of sp³-hybridized carbons (Fsp3) is 0.250. The number of hydrogen-bond acceptors (Lipinski definition) is 8. The number of aryl methyl sites for hydroxylation is 1. The molecule has 4 aromatic rings. The number of hydrogen-bond donors (Lipinski definition) is 1. The van der Waals surface area contributed by atoms with Crippen molar-refractivity contribution in [2.45, 2.75) is 33.9 Å². The van der Waals surface area contributed by atoms with E-state index in [2.05, 4.69) is 20.6 Å². The van der Waals surface area contributed by atoms with Gasteiger partial charge in [0.25, 0.3) is 5.56 Å². The number of nitrogens with zero attached hydrogens (tertiary/aromatic N) is 5. The van der Waals surface area contributed by atoms with Gasteiger partial charge in [-0.1, -0.05) is 41.1 Å². The van der Waals surface area contributed by atoms with E-state index in [0.29, 0.717) is 18.0 Å². The molecule has 0 aliphatic carbocycles. The lowest BCUT2D eigenvalue weighted by Crippen LogP contribution is -2.41. The second-order valence-corrected chi connectivity index (χ2v) is 7.57. The molecular weight excluding hydrogens is 452 g/mol. The minimum absolute atomic E-state index is 0.115. The number of carbonyl (C=O) groups excluding carboxylic acids is 1. The Morgan fingerprint density at radius 2 is 1.83 bits per heavy atom. The lowest BCUT2D eigenvalue weighted by molar-refractivity contribution is 0.0906. The molecule has 2 heterocycles. The van der Waals surface area contributed by atoms with Crippen LogP contribution in [0.1, 0.15) is 35.7 Å². The molecule has 0 saturated heterocycles. The highest BCUT2D eigenvalue weighted by Crippen LogP contribution is 2.18. The maximum Gasteiger partial charge on any atom is 0.352 e. The Hall–Kier alpha value is -4.54. The van der Waals surface area contributed by atoms with Crippen LogP contribution in [0.15, 0.2) is 62.6 Å². The zero-order valence-corrected chi connectivity index (χ0v) is 19.5. The van der Waals surface area contributed by atoms with Crippen molar-refractivity contribution in [3.8, 4) is 23.0 Å². The maximum absolute atomic E-state index is 12.9. The molecule has 0 unspecified atom stereocenters. The molecule has 2 aromatic carbocycles. The lowest BCUT2D eigenvalue weighted by atomic mass is 10.2. The monoisotopic (exact) mass is 476 g/mol. The molecule has 1 amide bonds. The van der Waals surface area contributed by atoms with Crippen molar-refractivity contribution < 1.29 is 14.1 Å². The van der Waals surface area contributed by atoms with Crippen LogP contribution in [-0.2, 0) is 13.1 Å². The van der Waals surface area contributed by atoms with E-state index in [1.807, 2.05) is 50.2 Å². The fourth-order valence-electron chi connectivity index (χ4n) is 3.40. The van der Waals surface area contributed by atoms with E-state index >= 15 is 0 Å². The Morgan fingerprint density at radius 3 is 2.54 bits per heavy atom. The minimum Gasteiger partial charge on any atom is -0.494 e. The smallest absolute Gasteiger partial charge is 0.352 e. The molecule has 180 valence electrons. The Labute approximate surface area is 200 Å². The van der Waals surface area contributed by atoms with E-state index in [-0.39, 0.29) is 30.5 Å².